The summed E-state index contributed by atoms with van der Waals surface area (Å²) in [5, 5.41) is 12.7. The van der Waals surface area contributed by atoms with E-state index in [0.29, 0.717) is 17.9 Å². The van der Waals surface area contributed by atoms with Gasteiger partial charge in [0, 0.05) is 11.1 Å². The topological polar surface area (TPSA) is 66.4 Å². The summed E-state index contributed by atoms with van der Waals surface area (Å²) in [6, 6.07) is 6.86. The molecule has 1 aliphatic rings. The summed E-state index contributed by atoms with van der Waals surface area (Å²) in [7, 11) is 0. The van der Waals surface area contributed by atoms with E-state index in [4.69, 9.17) is 11.6 Å². The maximum atomic E-state index is 12.1. The van der Waals surface area contributed by atoms with Crippen LogP contribution in [0.2, 0.25) is 5.02 Å². The van der Waals surface area contributed by atoms with Crippen molar-refractivity contribution in [2.45, 2.75) is 38.6 Å². The zero-order chi connectivity index (χ0) is 14.8. The fourth-order valence-electron chi connectivity index (χ4n) is 2.71. The zero-order valence-corrected chi connectivity index (χ0v) is 12.1. The van der Waals surface area contributed by atoms with Crippen molar-refractivity contribution < 1.29 is 14.7 Å². The van der Waals surface area contributed by atoms with Gasteiger partial charge in [-0.2, -0.15) is 0 Å². The van der Waals surface area contributed by atoms with E-state index < -0.39 is 11.4 Å². The molecule has 2 N–H and O–H groups in total. The van der Waals surface area contributed by atoms with Crippen molar-refractivity contribution in [1.29, 1.82) is 0 Å². The van der Waals surface area contributed by atoms with Crippen LogP contribution in [0.3, 0.4) is 0 Å². The second-order valence-corrected chi connectivity index (χ2v) is 5.91. The first kappa shape index (κ1) is 14.9. The second kappa shape index (κ2) is 5.83. The van der Waals surface area contributed by atoms with Crippen molar-refractivity contribution in [2.24, 2.45) is 5.41 Å². The fraction of sp³-hybridized carbons (Fsp3) is 0.467. The highest BCUT2D eigenvalue weighted by Gasteiger charge is 2.45. The molecule has 1 amide bonds. The molecule has 2 atom stereocenters. The SMILES string of the molecule is CC1(C(=O)O)CCCC1NC(=O)Cc1ccccc1Cl. The molecule has 0 saturated heterocycles. The molecule has 0 spiro atoms. The first-order valence-corrected chi connectivity index (χ1v) is 7.07. The van der Waals surface area contributed by atoms with E-state index in [9.17, 15) is 14.7 Å². The number of halogens is 1. The Kier molecular flexibility index (Phi) is 4.33. The highest BCUT2D eigenvalue weighted by atomic mass is 35.5. The van der Waals surface area contributed by atoms with E-state index >= 15 is 0 Å². The quantitative estimate of drug-likeness (QED) is 0.897. The van der Waals surface area contributed by atoms with Gasteiger partial charge in [0.15, 0.2) is 0 Å². The number of benzene rings is 1. The Hall–Kier alpha value is -1.55. The Labute approximate surface area is 123 Å². The van der Waals surface area contributed by atoms with Crippen LogP contribution in [0.5, 0.6) is 0 Å². The zero-order valence-electron chi connectivity index (χ0n) is 11.4. The average Bonchev–Trinajstić information content (AvgIpc) is 2.75. The molecule has 1 aliphatic carbocycles. The van der Waals surface area contributed by atoms with Gasteiger partial charge in [-0.25, -0.2) is 0 Å². The molecule has 1 aromatic rings. The molecule has 0 heterocycles. The molecule has 4 nitrogen and oxygen atoms in total. The lowest BCUT2D eigenvalue weighted by Crippen LogP contribution is -2.47. The average molecular weight is 296 g/mol. The Morgan fingerprint density at radius 2 is 2.15 bits per heavy atom. The summed E-state index contributed by atoms with van der Waals surface area (Å²) < 4.78 is 0. The predicted molar refractivity (Wildman–Crippen MR) is 76.7 cm³/mol. The minimum absolute atomic E-state index is 0.172. The number of rotatable bonds is 4. The van der Waals surface area contributed by atoms with Gasteiger partial charge >= 0.3 is 5.97 Å². The minimum atomic E-state index is -0.865. The summed E-state index contributed by atoms with van der Waals surface area (Å²) in [5.41, 5.74) is -0.113. The molecule has 1 aromatic carbocycles. The van der Waals surface area contributed by atoms with Crippen LogP contribution in [-0.4, -0.2) is 23.0 Å². The number of aliphatic carboxylic acids is 1. The number of amides is 1. The molecule has 1 saturated carbocycles. The molecule has 20 heavy (non-hydrogen) atoms. The monoisotopic (exact) mass is 295 g/mol. The molecule has 0 radical (unpaired) electrons. The molecule has 2 rings (SSSR count). The van der Waals surface area contributed by atoms with Crippen molar-refractivity contribution in [3.8, 4) is 0 Å². The number of carbonyl (C=O) groups excluding carboxylic acids is 1. The van der Waals surface area contributed by atoms with E-state index in [-0.39, 0.29) is 18.4 Å². The number of hydrogen-bond donors (Lipinski definition) is 2. The molecule has 5 heteroatoms. The Balaban J connectivity index is 2.02. The minimum Gasteiger partial charge on any atom is -0.481 e. The lowest BCUT2D eigenvalue weighted by molar-refractivity contribution is -0.149. The fourth-order valence-corrected chi connectivity index (χ4v) is 2.92. The maximum Gasteiger partial charge on any atom is 0.311 e. The van der Waals surface area contributed by atoms with Crippen LogP contribution in [0.15, 0.2) is 24.3 Å². The van der Waals surface area contributed by atoms with Gasteiger partial charge in [-0.05, 0) is 31.4 Å². The largest absolute Gasteiger partial charge is 0.481 e. The number of hydrogen-bond acceptors (Lipinski definition) is 2. The molecule has 1 fully saturated rings. The smallest absolute Gasteiger partial charge is 0.311 e. The van der Waals surface area contributed by atoms with Crippen LogP contribution in [0.4, 0.5) is 0 Å². The van der Waals surface area contributed by atoms with E-state index in [2.05, 4.69) is 5.32 Å². The van der Waals surface area contributed by atoms with Gasteiger partial charge in [-0.1, -0.05) is 36.2 Å². The van der Waals surface area contributed by atoms with Gasteiger partial charge in [0.05, 0.1) is 11.8 Å². The summed E-state index contributed by atoms with van der Waals surface area (Å²) in [6.45, 7) is 1.70. The van der Waals surface area contributed by atoms with Crippen molar-refractivity contribution in [1.82, 2.24) is 5.32 Å². The lowest BCUT2D eigenvalue weighted by Gasteiger charge is -2.27. The van der Waals surface area contributed by atoms with Gasteiger partial charge in [0.1, 0.15) is 0 Å². The molecule has 0 aliphatic heterocycles. The van der Waals surface area contributed by atoms with Gasteiger partial charge in [-0.3, -0.25) is 9.59 Å². The van der Waals surface area contributed by atoms with Crippen LogP contribution < -0.4 is 5.32 Å². The van der Waals surface area contributed by atoms with Crippen LogP contribution in [0.1, 0.15) is 31.7 Å². The van der Waals surface area contributed by atoms with Crippen LogP contribution in [-0.2, 0) is 16.0 Å². The molecule has 2 unspecified atom stereocenters. The lowest BCUT2D eigenvalue weighted by atomic mass is 9.85. The Bertz CT molecular complexity index is 532. The van der Waals surface area contributed by atoms with E-state index in [1.807, 2.05) is 12.1 Å². The molecule has 0 aromatic heterocycles. The van der Waals surface area contributed by atoms with Crippen LogP contribution >= 0.6 is 11.6 Å². The van der Waals surface area contributed by atoms with Gasteiger partial charge in [-0.15, -0.1) is 0 Å². The van der Waals surface area contributed by atoms with Gasteiger partial charge in [0.25, 0.3) is 0 Å². The summed E-state index contributed by atoms with van der Waals surface area (Å²) in [6.07, 6.45) is 2.29. The van der Waals surface area contributed by atoms with Crippen LogP contribution in [0.25, 0.3) is 0 Å². The molecular weight excluding hydrogens is 278 g/mol. The third-order valence-corrected chi connectivity index (χ3v) is 4.46. The van der Waals surface area contributed by atoms with Crippen molar-refractivity contribution in [2.75, 3.05) is 0 Å². The number of nitrogens with one attached hydrogen (secondary N) is 1. The maximum absolute atomic E-state index is 12.1. The summed E-state index contributed by atoms with van der Waals surface area (Å²) in [5.74, 6) is -1.03. The van der Waals surface area contributed by atoms with E-state index in [0.717, 1.165) is 12.0 Å². The van der Waals surface area contributed by atoms with Crippen molar-refractivity contribution in [3.05, 3.63) is 34.9 Å². The number of carbonyl (C=O) groups is 2. The predicted octanol–water partition coefficient (Wildman–Crippen LogP) is 2.64. The standard InChI is InChI=1S/C15H18ClNO3/c1-15(14(19)20)8-4-7-12(15)17-13(18)9-10-5-2-3-6-11(10)16/h2-3,5-6,12H,4,7-9H2,1H3,(H,17,18)(H,19,20). The second-order valence-electron chi connectivity index (χ2n) is 5.50. The first-order valence-electron chi connectivity index (χ1n) is 6.69. The molecular formula is C15H18ClNO3. The third-order valence-electron chi connectivity index (χ3n) is 4.09. The molecule has 0 bridgehead atoms. The number of carboxylic acid groups (broad SMARTS) is 1. The van der Waals surface area contributed by atoms with E-state index in [1.54, 1.807) is 19.1 Å². The summed E-state index contributed by atoms with van der Waals surface area (Å²) >= 11 is 6.02. The van der Waals surface area contributed by atoms with Gasteiger partial charge in [0.2, 0.25) is 5.91 Å². The highest BCUT2D eigenvalue weighted by Crippen LogP contribution is 2.38. The van der Waals surface area contributed by atoms with E-state index in [1.165, 1.54) is 0 Å². The highest BCUT2D eigenvalue weighted by molar-refractivity contribution is 6.31. The van der Waals surface area contributed by atoms with Crippen LogP contribution in [0, 0.1) is 5.41 Å². The Morgan fingerprint density at radius 1 is 1.45 bits per heavy atom. The number of carboxylic acids is 1. The van der Waals surface area contributed by atoms with Crippen molar-refractivity contribution in [3.63, 3.8) is 0 Å². The Morgan fingerprint density at radius 3 is 2.80 bits per heavy atom. The third kappa shape index (κ3) is 2.96. The normalized spacial score (nSPS) is 25.4. The first-order chi connectivity index (χ1) is 9.43. The van der Waals surface area contributed by atoms with Crippen molar-refractivity contribution >= 4 is 23.5 Å². The molecule has 108 valence electrons. The van der Waals surface area contributed by atoms with Gasteiger partial charge < -0.3 is 10.4 Å². The summed E-state index contributed by atoms with van der Waals surface area (Å²) in [4.78, 5) is 23.4.